The Balaban J connectivity index is 2.86. The monoisotopic (exact) mass is 191 g/mol. The number of rotatable bonds is 3. The summed E-state index contributed by atoms with van der Waals surface area (Å²) in [5.74, 6) is 7.93. The van der Waals surface area contributed by atoms with E-state index in [1.54, 1.807) is 0 Å². The molecule has 0 spiro atoms. The molecule has 0 bridgehead atoms. The molecule has 0 saturated carbocycles. The second kappa shape index (κ2) is 4.88. The lowest BCUT2D eigenvalue weighted by molar-refractivity contribution is 0.492. The molecule has 76 valence electrons. The summed E-state index contributed by atoms with van der Waals surface area (Å²) < 4.78 is 5.49. The quantitative estimate of drug-likeness (QED) is 0.743. The molecule has 1 unspecified atom stereocenters. The van der Waals surface area contributed by atoms with Crippen LogP contribution in [0.15, 0.2) is 10.5 Å². The summed E-state index contributed by atoms with van der Waals surface area (Å²) >= 11 is 0. The van der Waals surface area contributed by atoms with Gasteiger partial charge in [-0.1, -0.05) is 0 Å². The zero-order chi connectivity index (χ0) is 10.6. The predicted molar refractivity (Wildman–Crippen MR) is 58.0 cm³/mol. The van der Waals surface area contributed by atoms with Gasteiger partial charge in [-0.2, -0.15) is 0 Å². The van der Waals surface area contributed by atoms with E-state index in [1.807, 2.05) is 27.8 Å². The molecule has 1 heterocycles. The summed E-state index contributed by atoms with van der Waals surface area (Å²) in [5.41, 5.74) is 1.22. The van der Waals surface area contributed by atoms with Crippen molar-refractivity contribution in [2.24, 2.45) is 0 Å². The van der Waals surface area contributed by atoms with E-state index in [4.69, 9.17) is 4.42 Å². The zero-order valence-corrected chi connectivity index (χ0v) is 9.27. The van der Waals surface area contributed by atoms with Gasteiger partial charge in [-0.3, -0.25) is 0 Å². The third-order valence-electron chi connectivity index (χ3n) is 2.29. The molecule has 0 aliphatic rings. The second-order valence-corrected chi connectivity index (χ2v) is 3.34. The zero-order valence-electron chi connectivity index (χ0n) is 9.27. The highest BCUT2D eigenvalue weighted by Gasteiger charge is 2.13. The molecule has 1 aromatic heterocycles. The van der Waals surface area contributed by atoms with Crippen molar-refractivity contribution in [3.05, 3.63) is 23.2 Å². The van der Waals surface area contributed by atoms with Crippen molar-refractivity contribution >= 4 is 0 Å². The Morgan fingerprint density at radius 3 is 2.64 bits per heavy atom. The van der Waals surface area contributed by atoms with Crippen LogP contribution in [0.5, 0.6) is 0 Å². The smallest absolute Gasteiger partial charge is 0.105 e. The number of furan rings is 1. The third-order valence-corrected chi connectivity index (χ3v) is 2.29. The summed E-state index contributed by atoms with van der Waals surface area (Å²) in [6, 6.07) is 2.35. The first kappa shape index (κ1) is 10.9. The first-order chi connectivity index (χ1) is 6.69. The van der Waals surface area contributed by atoms with Gasteiger partial charge in [0.15, 0.2) is 0 Å². The number of hydrogen-bond donors (Lipinski definition) is 1. The van der Waals surface area contributed by atoms with Gasteiger partial charge in [0.05, 0.1) is 0 Å². The summed E-state index contributed by atoms with van der Waals surface area (Å²) in [7, 11) is 1.95. The molecule has 1 rings (SSSR count). The number of hydrogen-bond acceptors (Lipinski definition) is 2. The van der Waals surface area contributed by atoms with Crippen LogP contribution in [0, 0.1) is 25.7 Å². The van der Waals surface area contributed by atoms with Crippen molar-refractivity contribution in [3.63, 3.8) is 0 Å². The minimum atomic E-state index is 0.278. The maximum Gasteiger partial charge on any atom is 0.105 e. The Hall–Kier alpha value is -1.20. The van der Waals surface area contributed by atoms with Crippen molar-refractivity contribution in [2.75, 3.05) is 7.05 Å². The molecule has 1 N–H and O–H groups in total. The van der Waals surface area contributed by atoms with Crippen LogP contribution < -0.4 is 5.32 Å². The molecule has 0 radical (unpaired) electrons. The Bertz CT molecular complexity index is 354. The Morgan fingerprint density at radius 2 is 2.21 bits per heavy atom. The van der Waals surface area contributed by atoms with E-state index in [2.05, 4.69) is 23.2 Å². The molecular formula is C12H17NO. The Kier molecular flexibility index (Phi) is 3.79. The molecule has 0 saturated heterocycles. The van der Waals surface area contributed by atoms with E-state index in [0.717, 1.165) is 17.9 Å². The standard InChI is InChI=1S/C12H17NO/c1-5-6-7-12(13-4)11-8-9(2)14-10(11)3/h8,12-13H,7H2,1-4H3. The van der Waals surface area contributed by atoms with Crippen molar-refractivity contribution in [2.45, 2.75) is 33.2 Å². The van der Waals surface area contributed by atoms with Gasteiger partial charge < -0.3 is 9.73 Å². The van der Waals surface area contributed by atoms with Gasteiger partial charge in [0.2, 0.25) is 0 Å². The van der Waals surface area contributed by atoms with E-state index in [0.29, 0.717) is 0 Å². The average Bonchev–Trinajstić information content (AvgIpc) is 2.47. The molecule has 0 amide bonds. The van der Waals surface area contributed by atoms with Gasteiger partial charge in [-0.15, -0.1) is 11.8 Å². The SMILES string of the molecule is CC#CCC(NC)c1cc(C)oc1C. The fourth-order valence-electron chi connectivity index (χ4n) is 1.57. The van der Waals surface area contributed by atoms with Gasteiger partial charge in [0.1, 0.15) is 11.5 Å². The predicted octanol–water partition coefficient (Wildman–Crippen LogP) is 2.57. The normalized spacial score (nSPS) is 12.0. The van der Waals surface area contributed by atoms with E-state index in [-0.39, 0.29) is 6.04 Å². The molecule has 2 nitrogen and oxygen atoms in total. The van der Waals surface area contributed by atoms with Gasteiger partial charge in [0, 0.05) is 18.0 Å². The highest BCUT2D eigenvalue weighted by molar-refractivity contribution is 5.25. The molecule has 0 aliphatic carbocycles. The largest absolute Gasteiger partial charge is 0.466 e. The van der Waals surface area contributed by atoms with E-state index in [9.17, 15) is 0 Å². The lowest BCUT2D eigenvalue weighted by Gasteiger charge is -2.11. The van der Waals surface area contributed by atoms with Crippen LogP contribution >= 0.6 is 0 Å². The Morgan fingerprint density at radius 1 is 1.50 bits per heavy atom. The number of nitrogens with one attached hydrogen (secondary N) is 1. The molecule has 0 aliphatic heterocycles. The van der Waals surface area contributed by atoms with E-state index < -0.39 is 0 Å². The van der Waals surface area contributed by atoms with Crippen molar-refractivity contribution in [1.29, 1.82) is 0 Å². The molecule has 0 aromatic carbocycles. The fraction of sp³-hybridized carbons (Fsp3) is 0.500. The Labute approximate surface area is 85.7 Å². The molecule has 1 atom stereocenters. The maximum absolute atomic E-state index is 5.49. The summed E-state index contributed by atoms with van der Waals surface area (Å²) in [6.45, 7) is 5.82. The van der Waals surface area contributed by atoms with Crippen LogP contribution in [0.1, 0.15) is 36.5 Å². The third kappa shape index (κ3) is 2.40. The van der Waals surface area contributed by atoms with Crippen LogP contribution in [0.2, 0.25) is 0 Å². The van der Waals surface area contributed by atoms with Crippen LogP contribution in [-0.2, 0) is 0 Å². The topological polar surface area (TPSA) is 25.2 Å². The highest BCUT2D eigenvalue weighted by atomic mass is 16.3. The molecular weight excluding hydrogens is 174 g/mol. The summed E-state index contributed by atoms with van der Waals surface area (Å²) in [6.07, 6.45) is 0.826. The van der Waals surface area contributed by atoms with Gasteiger partial charge >= 0.3 is 0 Å². The van der Waals surface area contributed by atoms with Gasteiger partial charge in [-0.25, -0.2) is 0 Å². The van der Waals surface area contributed by atoms with Crippen LogP contribution in [0.3, 0.4) is 0 Å². The van der Waals surface area contributed by atoms with Crippen molar-refractivity contribution in [1.82, 2.24) is 5.32 Å². The van der Waals surface area contributed by atoms with Crippen LogP contribution in [-0.4, -0.2) is 7.05 Å². The minimum Gasteiger partial charge on any atom is -0.466 e. The van der Waals surface area contributed by atoms with E-state index >= 15 is 0 Å². The van der Waals surface area contributed by atoms with Crippen molar-refractivity contribution < 1.29 is 4.42 Å². The van der Waals surface area contributed by atoms with E-state index in [1.165, 1.54) is 5.56 Å². The molecule has 0 fully saturated rings. The average molecular weight is 191 g/mol. The maximum atomic E-state index is 5.49. The minimum absolute atomic E-state index is 0.278. The lowest BCUT2D eigenvalue weighted by Crippen LogP contribution is -2.15. The van der Waals surface area contributed by atoms with Crippen LogP contribution in [0.4, 0.5) is 0 Å². The van der Waals surface area contributed by atoms with Gasteiger partial charge in [0.25, 0.3) is 0 Å². The molecule has 14 heavy (non-hydrogen) atoms. The fourth-order valence-corrected chi connectivity index (χ4v) is 1.57. The molecule has 2 heteroatoms. The summed E-state index contributed by atoms with van der Waals surface area (Å²) in [4.78, 5) is 0. The first-order valence-electron chi connectivity index (χ1n) is 4.82. The van der Waals surface area contributed by atoms with Gasteiger partial charge in [-0.05, 0) is 33.9 Å². The second-order valence-electron chi connectivity index (χ2n) is 3.34. The number of aryl methyl sites for hydroxylation is 2. The lowest BCUT2D eigenvalue weighted by atomic mass is 10.0. The summed E-state index contributed by atoms with van der Waals surface area (Å²) in [5, 5.41) is 3.24. The van der Waals surface area contributed by atoms with Crippen molar-refractivity contribution in [3.8, 4) is 11.8 Å². The molecule has 1 aromatic rings. The highest BCUT2D eigenvalue weighted by Crippen LogP contribution is 2.23. The first-order valence-corrected chi connectivity index (χ1v) is 4.82. The van der Waals surface area contributed by atoms with Crippen LogP contribution in [0.25, 0.3) is 0 Å².